The van der Waals surface area contributed by atoms with E-state index in [0.717, 1.165) is 44.3 Å². The molecular formula is C28H37N3O3. The molecule has 1 saturated heterocycles. The zero-order chi connectivity index (χ0) is 24.3. The third-order valence-corrected chi connectivity index (χ3v) is 7.62. The molecule has 2 amide bonds. The van der Waals surface area contributed by atoms with Gasteiger partial charge < -0.3 is 20.2 Å². The fraction of sp³-hybridized carbons (Fsp3) is 0.500. The molecule has 0 radical (unpaired) electrons. The van der Waals surface area contributed by atoms with Gasteiger partial charge in [0.2, 0.25) is 5.91 Å². The molecule has 34 heavy (non-hydrogen) atoms. The highest BCUT2D eigenvalue weighted by Crippen LogP contribution is 2.49. The van der Waals surface area contributed by atoms with Gasteiger partial charge in [0.15, 0.2) is 0 Å². The SMILES string of the molecule is CCN(CC)c1ccc([C@H]2[C@H]3CCCC[C@@]3(O)CCN2C(=O)c2cccc(NC(C)=O)c2)cc1. The zero-order valence-corrected chi connectivity index (χ0v) is 20.6. The maximum Gasteiger partial charge on any atom is 0.254 e. The van der Waals surface area contributed by atoms with E-state index in [1.54, 1.807) is 24.3 Å². The van der Waals surface area contributed by atoms with Gasteiger partial charge in [-0.05, 0) is 69.0 Å². The van der Waals surface area contributed by atoms with Crippen LogP contribution in [-0.4, -0.2) is 47.1 Å². The van der Waals surface area contributed by atoms with Crippen molar-refractivity contribution >= 4 is 23.2 Å². The number of rotatable bonds is 6. The number of anilines is 2. The number of hydrogen-bond donors (Lipinski definition) is 2. The van der Waals surface area contributed by atoms with Crippen LogP contribution in [0.15, 0.2) is 48.5 Å². The smallest absolute Gasteiger partial charge is 0.254 e. The number of nitrogens with zero attached hydrogens (tertiary/aromatic N) is 2. The number of hydrogen-bond acceptors (Lipinski definition) is 4. The highest BCUT2D eigenvalue weighted by atomic mass is 16.3. The summed E-state index contributed by atoms with van der Waals surface area (Å²) in [6, 6.07) is 15.5. The Bertz CT molecular complexity index is 1020. The van der Waals surface area contributed by atoms with Crippen molar-refractivity contribution in [1.29, 1.82) is 0 Å². The Labute approximate surface area is 203 Å². The molecule has 2 aromatic rings. The number of carbonyl (C=O) groups excluding carboxylic acids is 2. The Morgan fingerprint density at radius 3 is 2.50 bits per heavy atom. The molecule has 182 valence electrons. The fourth-order valence-electron chi connectivity index (χ4n) is 5.89. The quantitative estimate of drug-likeness (QED) is 0.632. The van der Waals surface area contributed by atoms with Crippen LogP contribution in [0.4, 0.5) is 11.4 Å². The zero-order valence-electron chi connectivity index (χ0n) is 20.6. The van der Waals surface area contributed by atoms with Crippen molar-refractivity contribution in [3.05, 3.63) is 59.7 Å². The minimum Gasteiger partial charge on any atom is -0.389 e. The van der Waals surface area contributed by atoms with Crippen LogP contribution < -0.4 is 10.2 Å². The predicted molar refractivity (Wildman–Crippen MR) is 136 cm³/mol. The van der Waals surface area contributed by atoms with Gasteiger partial charge in [0.1, 0.15) is 0 Å². The van der Waals surface area contributed by atoms with E-state index in [4.69, 9.17) is 0 Å². The lowest BCUT2D eigenvalue weighted by molar-refractivity contribution is -0.115. The normalized spacial score (nSPS) is 24.3. The number of amides is 2. The minimum absolute atomic E-state index is 0.0109. The summed E-state index contributed by atoms with van der Waals surface area (Å²) in [5.41, 5.74) is 2.69. The Morgan fingerprint density at radius 2 is 1.82 bits per heavy atom. The highest BCUT2D eigenvalue weighted by Gasteiger charge is 2.50. The number of aliphatic hydroxyl groups is 1. The van der Waals surface area contributed by atoms with Gasteiger partial charge in [0.25, 0.3) is 5.91 Å². The van der Waals surface area contributed by atoms with Crippen molar-refractivity contribution < 1.29 is 14.7 Å². The molecule has 0 unspecified atom stereocenters. The molecule has 1 aliphatic carbocycles. The van der Waals surface area contributed by atoms with Crippen molar-refractivity contribution in [3.63, 3.8) is 0 Å². The van der Waals surface area contributed by atoms with Gasteiger partial charge in [-0.3, -0.25) is 9.59 Å². The molecule has 1 heterocycles. The molecule has 0 aromatic heterocycles. The van der Waals surface area contributed by atoms with E-state index in [9.17, 15) is 14.7 Å². The van der Waals surface area contributed by atoms with Crippen LogP contribution in [-0.2, 0) is 4.79 Å². The molecule has 6 heteroatoms. The lowest BCUT2D eigenvalue weighted by Gasteiger charge is -2.52. The van der Waals surface area contributed by atoms with Crippen LogP contribution >= 0.6 is 0 Å². The van der Waals surface area contributed by atoms with Gasteiger partial charge in [-0.25, -0.2) is 0 Å². The molecule has 0 bridgehead atoms. The first-order chi connectivity index (χ1) is 16.4. The Kier molecular flexibility index (Phi) is 7.27. The summed E-state index contributed by atoms with van der Waals surface area (Å²) in [7, 11) is 0. The molecule has 2 N–H and O–H groups in total. The first-order valence-electron chi connectivity index (χ1n) is 12.6. The van der Waals surface area contributed by atoms with Crippen molar-refractivity contribution in [2.45, 2.75) is 64.5 Å². The van der Waals surface area contributed by atoms with Gasteiger partial charge in [0, 0.05) is 49.4 Å². The van der Waals surface area contributed by atoms with Gasteiger partial charge in [-0.2, -0.15) is 0 Å². The standard InChI is InChI=1S/C28H37N3O3/c1-4-30(5-2)24-14-12-21(13-15-24)26-25-11-6-7-16-28(25,34)17-18-31(26)27(33)22-9-8-10-23(19-22)29-20(3)32/h8-10,12-15,19,25-26,34H,4-7,11,16-18H2,1-3H3,(H,29,32)/t25-,26+,28-/m1/s1. The van der Waals surface area contributed by atoms with Crippen molar-refractivity contribution in [3.8, 4) is 0 Å². The molecule has 3 atom stereocenters. The minimum atomic E-state index is -0.727. The van der Waals surface area contributed by atoms with Crippen LogP contribution in [0.1, 0.15) is 74.8 Å². The third kappa shape index (κ3) is 4.83. The van der Waals surface area contributed by atoms with E-state index in [-0.39, 0.29) is 23.8 Å². The summed E-state index contributed by atoms with van der Waals surface area (Å²) < 4.78 is 0. The van der Waals surface area contributed by atoms with E-state index >= 15 is 0 Å². The molecule has 0 spiro atoms. The number of carbonyl (C=O) groups is 2. The lowest BCUT2D eigenvalue weighted by atomic mass is 9.66. The molecule has 6 nitrogen and oxygen atoms in total. The lowest BCUT2D eigenvalue weighted by Crippen LogP contribution is -2.56. The molecule has 2 aromatic carbocycles. The number of piperidine rings is 1. The van der Waals surface area contributed by atoms with Crippen molar-refractivity contribution in [2.75, 3.05) is 29.9 Å². The number of likely N-dealkylation sites (tertiary alicyclic amines) is 1. The Hall–Kier alpha value is -2.86. The van der Waals surface area contributed by atoms with Gasteiger partial charge in [0.05, 0.1) is 11.6 Å². The maximum absolute atomic E-state index is 13.8. The third-order valence-electron chi connectivity index (χ3n) is 7.62. The van der Waals surface area contributed by atoms with E-state index in [1.165, 1.54) is 12.6 Å². The topological polar surface area (TPSA) is 72.9 Å². The number of nitrogens with one attached hydrogen (secondary N) is 1. The second-order valence-electron chi connectivity index (χ2n) is 9.68. The van der Waals surface area contributed by atoms with E-state index < -0.39 is 5.60 Å². The number of benzene rings is 2. The average Bonchev–Trinajstić information content (AvgIpc) is 2.83. The summed E-state index contributed by atoms with van der Waals surface area (Å²) in [5, 5.41) is 14.3. The van der Waals surface area contributed by atoms with Crippen LogP contribution in [0.25, 0.3) is 0 Å². The highest BCUT2D eigenvalue weighted by molar-refractivity contribution is 5.97. The van der Waals surface area contributed by atoms with Gasteiger partial charge >= 0.3 is 0 Å². The molecule has 1 aliphatic heterocycles. The molecule has 2 aliphatic rings. The molecule has 2 fully saturated rings. The largest absolute Gasteiger partial charge is 0.389 e. The van der Waals surface area contributed by atoms with E-state index in [0.29, 0.717) is 24.2 Å². The monoisotopic (exact) mass is 463 g/mol. The van der Waals surface area contributed by atoms with Crippen molar-refractivity contribution in [2.24, 2.45) is 5.92 Å². The summed E-state index contributed by atoms with van der Waals surface area (Å²) in [5.74, 6) is -0.213. The van der Waals surface area contributed by atoms with Crippen LogP contribution in [0, 0.1) is 5.92 Å². The summed E-state index contributed by atoms with van der Waals surface area (Å²) >= 11 is 0. The van der Waals surface area contributed by atoms with Crippen LogP contribution in [0.3, 0.4) is 0 Å². The summed E-state index contributed by atoms with van der Waals surface area (Å²) in [6.45, 7) is 8.15. The van der Waals surface area contributed by atoms with E-state index in [1.807, 2.05) is 4.90 Å². The maximum atomic E-state index is 13.8. The second kappa shape index (κ2) is 10.2. The predicted octanol–water partition coefficient (Wildman–Crippen LogP) is 5.00. The Balaban J connectivity index is 1.69. The first-order valence-corrected chi connectivity index (χ1v) is 12.6. The van der Waals surface area contributed by atoms with E-state index in [2.05, 4.69) is 48.3 Å². The van der Waals surface area contributed by atoms with Crippen LogP contribution in [0.2, 0.25) is 0 Å². The Morgan fingerprint density at radius 1 is 1.09 bits per heavy atom. The summed E-state index contributed by atoms with van der Waals surface area (Å²) in [6.07, 6.45) is 4.41. The number of fused-ring (bicyclic) bond motifs is 1. The molecular weight excluding hydrogens is 426 g/mol. The molecule has 4 rings (SSSR count). The second-order valence-corrected chi connectivity index (χ2v) is 9.68. The van der Waals surface area contributed by atoms with Crippen LogP contribution in [0.5, 0.6) is 0 Å². The average molecular weight is 464 g/mol. The van der Waals surface area contributed by atoms with Gasteiger partial charge in [-0.15, -0.1) is 0 Å². The van der Waals surface area contributed by atoms with Gasteiger partial charge in [-0.1, -0.05) is 31.0 Å². The first kappa shape index (κ1) is 24.3. The van der Waals surface area contributed by atoms with Crippen molar-refractivity contribution in [1.82, 2.24) is 4.90 Å². The fourth-order valence-corrected chi connectivity index (χ4v) is 5.89. The summed E-state index contributed by atoms with van der Waals surface area (Å²) in [4.78, 5) is 29.6. The molecule has 1 saturated carbocycles.